The first-order chi connectivity index (χ1) is 8.88. The Balaban J connectivity index is 1.79. The van der Waals surface area contributed by atoms with Gasteiger partial charge in [-0.1, -0.05) is 24.2 Å². The van der Waals surface area contributed by atoms with Gasteiger partial charge in [0, 0.05) is 12.3 Å². The van der Waals surface area contributed by atoms with Crippen LogP contribution in [-0.4, -0.2) is 33.4 Å². The molecule has 1 N–H and O–H groups in total. The van der Waals surface area contributed by atoms with Crippen LogP contribution in [0.15, 0.2) is 0 Å². The summed E-state index contributed by atoms with van der Waals surface area (Å²) in [7, 11) is 1.98. The third kappa shape index (κ3) is 2.27. The fourth-order valence-corrected chi connectivity index (χ4v) is 3.51. The first-order valence-corrected chi connectivity index (χ1v) is 7.56. The summed E-state index contributed by atoms with van der Waals surface area (Å²) in [5.41, 5.74) is 0. The Morgan fingerprint density at radius 1 is 1.33 bits per heavy atom. The molecule has 0 saturated heterocycles. The van der Waals surface area contributed by atoms with E-state index in [1.807, 2.05) is 11.6 Å². The Labute approximate surface area is 111 Å². The van der Waals surface area contributed by atoms with Crippen molar-refractivity contribution in [1.29, 1.82) is 0 Å². The molecule has 2 aromatic heterocycles. The van der Waals surface area contributed by atoms with Crippen LogP contribution in [0.3, 0.4) is 0 Å². The Morgan fingerprint density at radius 2 is 2.17 bits per heavy atom. The van der Waals surface area contributed by atoms with Gasteiger partial charge in [0.25, 0.3) is 0 Å². The highest BCUT2D eigenvalue weighted by molar-refractivity contribution is 7.16. The summed E-state index contributed by atoms with van der Waals surface area (Å²) in [4.78, 5) is 0.955. The Morgan fingerprint density at radius 3 is 2.94 bits per heavy atom. The summed E-state index contributed by atoms with van der Waals surface area (Å²) in [6, 6.07) is 0. The van der Waals surface area contributed by atoms with Crippen LogP contribution in [0, 0.1) is 0 Å². The smallest absolute Gasteiger partial charge is 0.234 e. The largest absolute Gasteiger partial charge is 0.320 e. The predicted octanol–water partition coefficient (Wildman–Crippen LogP) is 2.00. The first kappa shape index (κ1) is 12.0. The minimum atomic E-state index is 0.576. The molecule has 0 atom stereocenters. The van der Waals surface area contributed by atoms with Gasteiger partial charge in [-0.25, -0.2) is 0 Å². The van der Waals surface area contributed by atoms with Crippen molar-refractivity contribution in [2.45, 2.75) is 44.4 Å². The molecule has 18 heavy (non-hydrogen) atoms. The molecule has 6 heteroatoms. The summed E-state index contributed by atoms with van der Waals surface area (Å²) in [5.74, 6) is 1.66. The van der Waals surface area contributed by atoms with E-state index in [0.29, 0.717) is 5.92 Å². The van der Waals surface area contributed by atoms with E-state index in [2.05, 4.69) is 20.6 Å². The van der Waals surface area contributed by atoms with Crippen LogP contribution in [0.4, 0.5) is 0 Å². The molecule has 2 aromatic rings. The summed E-state index contributed by atoms with van der Waals surface area (Å²) in [6.07, 6.45) is 7.27. The molecule has 0 aromatic carbocycles. The second-order valence-corrected chi connectivity index (χ2v) is 5.98. The first-order valence-electron chi connectivity index (χ1n) is 6.74. The molecule has 0 amide bonds. The molecule has 0 aliphatic heterocycles. The van der Waals surface area contributed by atoms with Crippen LogP contribution in [0.1, 0.15) is 48.9 Å². The minimum Gasteiger partial charge on any atom is -0.320 e. The van der Waals surface area contributed by atoms with Gasteiger partial charge in [-0.15, -0.1) is 10.2 Å². The molecule has 1 saturated carbocycles. The molecule has 1 aliphatic carbocycles. The van der Waals surface area contributed by atoms with Crippen LogP contribution >= 0.6 is 11.3 Å². The topological polar surface area (TPSA) is 55.1 Å². The number of nitrogens with zero attached hydrogens (tertiary/aromatic N) is 4. The highest BCUT2D eigenvalue weighted by atomic mass is 32.1. The minimum absolute atomic E-state index is 0.576. The number of hydrogen-bond donors (Lipinski definition) is 1. The molecule has 0 unspecified atom stereocenters. The average Bonchev–Trinajstić information content (AvgIpc) is 3.03. The third-order valence-electron chi connectivity index (χ3n) is 3.59. The maximum atomic E-state index is 4.67. The fraction of sp³-hybridized carbons (Fsp3) is 0.750. The number of fused-ring (bicyclic) bond motifs is 1. The van der Waals surface area contributed by atoms with Crippen LogP contribution in [0.5, 0.6) is 0 Å². The summed E-state index contributed by atoms with van der Waals surface area (Å²) >= 11 is 1.68. The molecule has 1 aliphatic rings. The van der Waals surface area contributed by atoms with Gasteiger partial charge in [-0.05, 0) is 32.9 Å². The third-order valence-corrected chi connectivity index (χ3v) is 4.55. The predicted molar refractivity (Wildman–Crippen MR) is 72.1 cm³/mol. The zero-order valence-corrected chi connectivity index (χ0v) is 11.5. The summed E-state index contributed by atoms with van der Waals surface area (Å²) < 4.78 is 1.98. The zero-order valence-electron chi connectivity index (χ0n) is 10.7. The number of hydrogen-bond acceptors (Lipinski definition) is 5. The number of rotatable bonds is 5. The van der Waals surface area contributed by atoms with E-state index in [0.717, 1.165) is 30.2 Å². The van der Waals surface area contributed by atoms with E-state index in [9.17, 15) is 0 Å². The molecular weight excluding hydrogens is 246 g/mol. The monoisotopic (exact) mass is 265 g/mol. The maximum Gasteiger partial charge on any atom is 0.234 e. The van der Waals surface area contributed by atoms with E-state index >= 15 is 0 Å². The van der Waals surface area contributed by atoms with Crippen molar-refractivity contribution in [1.82, 2.24) is 25.1 Å². The number of aromatic nitrogens is 4. The van der Waals surface area contributed by atoms with Crippen LogP contribution in [-0.2, 0) is 6.42 Å². The molecule has 0 spiro atoms. The van der Waals surface area contributed by atoms with Crippen molar-refractivity contribution in [2.24, 2.45) is 0 Å². The van der Waals surface area contributed by atoms with Crippen molar-refractivity contribution in [2.75, 3.05) is 13.6 Å². The molecule has 0 radical (unpaired) electrons. The van der Waals surface area contributed by atoms with Crippen molar-refractivity contribution in [3.05, 3.63) is 10.8 Å². The van der Waals surface area contributed by atoms with Crippen molar-refractivity contribution < 1.29 is 0 Å². The SMILES string of the molecule is CNCCCc1nn2c(C3CCCC3)nnc2s1. The van der Waals surface area contributed by atoms with Crippen LogP contribution < -0.4 is 5.32 Å². The molecule has 1 fully saturated rings. The van der Waals surface area contributed by atoms with E-state index in [4.69, 9.17) is 0 Å². The highest BCUT2D eigenvalue weighted by Crippen LogP contribution is 2.33. The van der Waals surface area contributed by atoms with Gasteiger partial charge < -0.3 is 5.32 Å². The molecule has 3 rings (SSSR count). The summed E-state index contributed by atoms with van der Waals surface area (Å²) in [5, 5.41) is 17.6. The normalized spacial score (nSPS) is 16.9. The summed E-state index contributed by atoms with van der Waals surface area (Å²) in [6.45, 7) is 1.04. The van der Waals surface area contributed by atoms with E-state index in [1.54, 1.807) is 11.3 Å². The van der Waals surface area contributed by atoms with Gasteiger partial charge >= 0.3 is 0 Å². The van der Waals surface area contributed by atoms with Crippen molar-refractivity contribution in [3.63, 3.8) is 0 Å². The second-order valence-electron chi connectivity index (χ2n) is 4.94. The molecule has 98 valence electrons. The van der Waals surface area contributed by atoms with E-state index < -0.39 is 0 Å². The van der Waals surface area contributed by atoms with Gasteiger partial charge in [0.05, 0.1) is 0 Å². The van der Waals surface area contributed by atoms with Crippen LogP contribution in [0.2, 0.25) is 0 Å². The fourth-order valence-electron chi connectivity index (χ4n) is 2.63. The number of aryl methyl sites for hydroxylation is 1. The quantitative estimate of drug-likeness (QED) is 0.840. The van der Waals surface area contributed by atoms with Gasteiger partial charge in [0.1, 0.15) is 5.01 Å². The Kier molecular flexibility index (Phi) is 3.56. The van der Waals surface area contributed by atoms with E-state index in [1.165, 1.54) is 30.7 Å². The Bertz CT molecular complexity index is 511. The number of nitrogens with one attached hydrogen (secondary N) is 1. The molecule has 0 bridgehead atoms. The standard InChI is InChI=1S/C12H19N5S/c1-13-8-4-7-10-16-17-11(9-5-2-3-6-9)14-15-12(17)18-10/h9,13H,2-8H2,1H3. The van der Waals surface area contributed by atoms with Crippen molar-refractivity contribution >= 4 is 16.3 Å². The lowest BCUT2D eigenvalue weighted by Crippen LogP contribution is -2.08. The molecule has 2 heterocycles. The maximum absolute atomic E-state index is 4.67. The lowest BCUT2D eigenvalue weighted by atomic mass is 10.1. The molecule has 5 nitrogen and oxygen atoms in total. The van der Waals surface area contributed by atoms with Gasteiger partial charge in [-0.2, -0.15) is 9.61 Å². The highest BCUT2D eigenvalue weighted by Gasteiger charge is 2.23. The molecular formula is C12H19N5S. The lowest BCUT2D eigenvalue weighted by Gasteiger charge is -2.03. The van der Waals surface area contributed by atoms with Gasteiger partial charge in [0.2, 0.25) is 4.96 Å². The van der Waals surface area contributed by atoms with E-state index in [-0.39, 0.29) is 0 Å². The van der Waals surface area contributed by atoms with Gasteiger partial charge in [-0.3, -0.25) is 0 Å². The van der Waals surface area contributed by atoms with Gasteiger partial charge in [0.15, 0.2) is 5.82 Å². The van der Waals surface area contributed by atoms with Crippen LogP contribution in [0.25, 0.3) is 4.96 Å². The lowest BCUT2D eigenvalue weighted by molar-refractivity contribution is 0.634. The average molecular weight is 265 g/mol. The van der Waals surface area contributed by atoms with Crippen molar-refractivity contribution in [3.8, 4) is 0 Å². The zero-order chi connectivity index (χ0) is 12.4. The Hall–Kier alpha value is -1.01. The second kappa shape index (κ2) is 5.32.